The fourth-order valence-corrected chi connectivity index (χ4v) is 0. The van der Waals surface area contributed by atoms with Gasteiger partial charge in [0.15, 0.2) is 0 Å². The molecule has 0 saturated heterocycles. The van der Waals surface area contributed by atoms with Crippen molar-refractivity contribution in [1.82, 2.24) is 0 Å². The van der Waals surface area contributed by atoms with Gasteiger partial charge < -0.3 is 4.74 Å². The van der Waals surface area contributed by atoms with Crippen molar-refractivity contribution < 1.29 is 18.9 Å². The molecule has 3 radical (unpaired) electrons. The summed E-state index contributed by atoms with van der Waals surface area (Å²) in [5.41, 5.74) is 0.0417. The summed E-state index contributed by atoms with van der Waals surface area (Å²) < 4.78 is 4.94. The lowest BCUT2D eigenvalue weighted by Gasteiger charge is -2.14. The summed E-state index contributed by atoms with van der Waals surface area (Å²) in [5.74, 6) is 0. The maximum Gasteiger partial charge on any atom is 0.0594 e. The van der Waals surface area contributed by atoms with Gasteiger partial charge in [-0.25, -0.2) is 0 Å². The molecule has 0 aromatic heterocycles. The van der Waals surface area contributed by atoms with Crippen LogP contribution in [0.15, 0.2) is 0 Å². The number of methoxy groups -OCH3 is 1. The molecule has 0 spiro atoms. The summed E-state index contributed by atoms with van der Waals surface area (Å²) in [5, 5.41) is 0. The minimum Gasteiger partial charge on any atom is -0.379 e. The van der Waals surface area contributed by atoms with E-state index < -0.39 is 0 Å². The van der Waals surface area contributed by atoms with Crippen LogP contribution in [0.25, 0.3) is 0 Å². The third kappa shape index (κ3) is 45.8. The monoisotopic (exact) mass is 159 g/mol. The molecule has 0 aliphatic carbocycles. The zero-order chi connectivity index (χ0) is 5.21. The van der Waals surface area contributed by atoms with E-state index in [-0.39, 0.29) is 28.1 Å². The van der Waals surface area contributed by atoms with Crippen LogP contribution < -0.4 is 0 Å². The van der Waals surface area contributed by atoms with Gasteiger partial charge in [0.2, 0.25) is 0 Å². The predicted molar refractivity (Wildman–Crippen MR) is 40.0 cm³/mol. The molecule has 0 rings (SSSR count). The lowest BCUT2D eigenvalue weighted by Crippen LogP contribution is -2.15. The van der Waals surface area contributed by atoms with Crippen molar-refractivity contribution >= 4 is 8.41 Å². The Morgan fingerprint density at radius 1 is 0.900 bits per heavy atom. The molecule has 0 atom stereocenters. The second-order valence-electron chi connectivity index (χ2n) is 2.32. The molecule has 0 heterocycles. The van der Waals surface area contributed by atoms with E-state index in [4.69, 9.17) is 4.74 Å². The Kier molecular flexibility index (Phi) is 38.1. The van der Waals surface area contributed by atoms with E-state index in [1.54, 1.807) is 7.11 Å². The van der Waals surface area contributed by atoms with Crippen molar-refractivity contribution in [2.75, 3.05) is 7.11 Å². The Bertz CT molecular complexity index is 46.6. The Labute approximate surface area is 61.8 Å². The summed E-state index contributed by atoms with van der Waals surface area (Å²) in [6.07, 6.45) is 0. The molecule has 1 nitrogen and oxygen atoms in total. The SMILES string of the molecule is COC(C)(C)C.F.F.F.[B]. The van der Waals surface area contributed by atoms with Crippen LogP contribution >= 0.6 is 0 Å². The van der Waals surface area contributed by atoms with Crippen molar-refractivity contribution in [3.8, 4) is 0 Å². The molecule has 0 bridgehead atoms. The standard InChI is InChI=1S/C5H12O.B.3FH/c1-5(2,3)6-4;;;;/h1-4H3;;3*1H. The van der Waals surface area contributed by atoms with E-state index in [2.05, 4.69) is 0 Å². The Hall–Kier alpha value is -0.185. The van der Waals surface area contributed by atoms with Crippen molar-refractivity contribution in [3.63, 3.8) is 0 Å². The first-order valence-corrected chi connectivity index (χ1v) is 2.11. The Morgan fingerprint density at radius 2 is 1.00 bits per heavy atom. The molecule has 0 aliphatic heterocycles. The van der Waals surface area contributed by atoms with Crippen molar-refractivity contribution in [1.29, 1.82) is 0 Å². The van der Waals surface area contributed by atoms with Crippen LogP contribution in [0.3, 0.4) is 0 Å². The Morgan fingerprint density at radius 3 is 1.00 bits per heavy atom. The molecule has 10 heavy (non-hydrogen) atoms. The lowest BCUT2D eigenvalue weighted by atomic mass is 10.2. The summed E-state index contributed by atoms with van der Waals surface area (Å²) >= 11 is 0. The molecule has 0 aliphatic rings. The minimum absolute atomic E-state index is 0. The number of hydrogen-bond acceptors (Lipinski definition) is 1. The second-order valence-corrected chi connectivity index (χ2v) is 2.32. The molecule has 0 fully saturated rings. The zero-order valence-electron chi connectivity index (χ0n) is 6.71. The molecule has 0 unspecified atom stereocenters. The van der Waals surface area contributed by atoms with Gasteiger partial charge in [0.25, 0.3) is 0 Å². The van der Waals surface area contributed by atoms with E-state index in [1.165, 1.54) is 0 Å². The van der Waals surface area contributed by atoms with E-state index in [9.17, 15) is 0 Å². The van der Waals surface area contributed by atoms with Gasteiger partial charge >= 0.3 is 0 Å². The highest BCUT2D eigenvalue weighted by molar-refractivity contribution is 5.75. The predicted octanol–water partition coefficient (Wildman–Crippen LogP) is 1.51. The van der Waals surface area contributed by atoms with Crippen LogP contribution in [0, 0.1) is 0 Å². The van der Waals surface area contributed by atoms with Crippen LogP contribution in [0.1, 0.15) is 20.8 Å². The van der Waals surface area contributed by atoms with Gasteiger partial charge in [-0.05, 0) is 20.8 Å². The smallest absolute Gasteiger partial charge is 0.0594 e. The number of rotatable bonds is 0. The summed E-state index contributed by atoms with van der Waals surface area (Å²) in [6, 6.07) is 0. The maximum absolute atomic E-state index is 4.94. The summed E-state index contributed by atoms with van der Waals surface area (Å²) in [6.45, 7) is 6.06. The Balaban J connectivity index is -0.0000000208. The number of hydrogen-bond donors (Lipinski definition) is 0. The first-order chi connectivity index (χ1) is 2.56. The van der Waals surface area contributed by atoms with Gasteiger partial charge in [0.05, 0.1) is 5.60 Å². The van der Waals surface area contributed by atoms with Gasteiger partial charge in [0, 0.05) is 15.5 Å². The third-order valence-corrected chi connectivity index (χ3v) is 0.612. The highest BCUT2D eigenvalue weighted by Gasteiger charge is 2.03. The van der Waals surface area contributed by atoms with Gasteiger partial charge in [-0.15, -0.1) is 0 Å². The highest BCUT2D eigenvalue weighted by Crippen LogP contribution is 2.02. The first kappa shape index (κ1) is 32.9. The average molecular weight is 159 g/mol. The largest absolute Gasteiger partial charge is 0.379 e. The quantitative estimate of drug-likeness (QED) is 0.486. The average Bonchev–Trinajstić information content (AvgIpc) is 1.35. The van der Waals surface area contributed by atoms with Gasteiger partial charge in [-0.2, -0.15) is 0 Å². The highest BCUT2D eigenvalue weighted by atomic mass is 19.0. The molecule has 0 aromatic carbocycles. The number of ether oxygens (including phenoxy) is 1. The van der Waals surface area contributed by atoms with Crippen molar-refractivity contribution in [2.24, 2.45) is 0 Å². The van der Waals surface area contributed by atoms with Gasteiger partial charge in [-0.1, -0.05) is 0 Å². The van der Waals surface area contributed by atoms with E-state index in [0.717, 1.165) is 0 Å². The van der Waals surface area contributed by atoms with Crippen LogP contribution in [0.2, 0.25) is 0 Å². The fourth-order valence-electron chi connectivity index (χ4n) is 0. The molecule has 0 amide bonds. The van der Waals surface area contributed by atoms with Crippen LogP contribution in [0.5, 0.6) is 0 Å². The maximum atomic E-state index is 4.94. The minimum atomic E-state index is 0. The molecule has 5 heteroatoms. The molecular formula is C5H15BF3O. The molecule has 0 saturated carbocycles. The zero-order valence-corrected chi connectivity index (χ0v) is 6.71. The number of halogens is 3. The molecule has 65 valence electrons. The molecular weight excluding hydrogens is 144 g/mol. The first-order valence-electron chi connectivity index (χ1n) is 2.11. The topological polar surface area (TPSA) is 9.23 Å². The second kappa shape index (κ2) is 11.6. The van der Waals surface area contributed by atoms with Crippen molar-refractivity contribution in [2.45, 2.75) is 26.4 Å². The molecule has 0 aromatic rings. The van der Waals surface area contributed by atoms with Crippen LogP contribution in [0.4, 0.5) is 14.1 Å². The van der Waals surface area contributed by atoms with Crippen LogP contribution in [-0.4, -0.2) is 21.1 Å². The summed E-state index contributed by atoms with van der Waals surface area (Å²) in [7, 11) is 1.71. The normalized spacial score (nSPS) is 7.20. The van der Waals surface area contributed by atoms with E-state index >= 15 is 0 Å². The lowest BCUT2D eigenvalue weighted by molar-refractivity contribution is 0.0397. The third-order valence-electron chi connectivity index (χ3n) is 0.612. The summed E-state index contributed by atoms with van der Waals surface area (Å²) in [4.78, 5) is 0. The van der Waals surface area contributed by atoms with E-state index in [1.807, 2.05) is 20.8 Å². The van der Waals surface area contributed by atoms with Crippen molar-refractivity contribution in [3.05, 3.63) is 0 Å². The van der Waals surface area contributed by atoms with Gasteiger partial charge in [-0.3, -0.25) is 14.1 Å². The van der Waals surface area contributed by atoms with Gasteiger partial charge in [0.1, 0.15) is 0 Å². The van der Waals surface area contributed by atoms with Crippen LogP contribution in [-0.2, 0) is 4.74 Å². The molecule has 0 N–H and O–H groups in total. The van der Waals surface area contributed by atoms with E-state index in [0.29, 0.717) is 0 Å². The fraction of sp³-hybridized carbons (Fsp3) is 1.00.